The van der Waals surface area contributed by atoms with Gasteiger partial charge < -0.3 is 0 Å². The fourth-order valence-corrected chi connectivity index (χ4v) is 2.00. The molecule has 3 heteroatoms. The lowest BCUT2D eigenvalue weighted by molar-refractivity contribution is 0.0986. The largest absolute Gasteiger partial charge is 0.272 e. The average Bonchev–Trinajstić information content (AvgIpc) is 2.43. The molecule has 2 aromatic carbocycles. The van der Waals surface area contributed by atoms with Crippen molar-refractivity contribution in [2.24, 2.45) is 5.84 Å². The number of hydrazine groups is 1. The molecule has 98 valence electrons. The molecule has 0 radical (unpaired) electrons. The second-order valence-corrected chi connectivity index (χ2v) is 4.75. The van der Waals surface area contributed by atoms with E-state index >= 15 is 0 Å². The molecule has 3 nitrogen and oxygen atoms in total. The Balaban J connectivity index is 2.35. The molecule has 0 aliphatic heterocycles. The van der Waals surface area contributed by atoms with Crippen LogP contribution in [0.25, 0.3) is 0 Å². The van der Waals surface area contributed by atoms with Crippen molar-refractivity contribution >= 4 is 11.6 Å². The third-order valence-corrected chi connectivity index (χ3v) is 3.43. The zero-order valence-corrected chi connectivity index (χ0v) is 11.5. The lowest BCUT2D eigenvalue weighted by Crippen LogP contribution is -2.37. The van der Waals surface area contributed by atoms with Crippen molar-refractivity contribution in [3.05, 3.63) is 64.7 Å². The molecular weight excluding hydrogens is 236 g/mol. The Hall–Kier alpha value is -2.13. The molecule has 2 aromatic rings. The molecule has 2 N–H and O–H groups in total. The van der Waals surface area contributed by atoms with E-state index in [-0.39, 0.29) is 5.91 Å². The molecule has 0 aliphatic rings. The predicted molar refractivity (Wildman–Crippen MR) is 78.1 cm³/mol. The van der Waals surface area contributed by atoms with E-state index in [0.29, 0.717) is 11.3 Å². The van der Waals surface area contributed by atoms with E-state index in [2.05, 4.69) is 6.92 Å². The number of amides is 1. The number of rotatable bonds is 2. The highest BCUT2D eigenvalue weighted by Gasteiger charge is 2.15. The summed E-state index contributed by atoms with van der Waals surface area (Å²) < 4.78 is 0. The summed E-state index contributed by atoms with van der Waals surface area (Å²) in [5, 5.41) is 1.18. The Morgan fingerprint density at radius 2 is 1.53 bits per heavy atom. The van der Waals surface area contributed by atoms with Crippen LogP contribution in [0.4, 0.5) is 5.69 Å². The Morgan fingerprint density at radius 3 is 2.05 bits per heavy atom. The van der Waals surface area contributed by atoms with Gasteiger partial charge in [-0.3, -0.25) is 4.79 Å². The molecule has 0 saturated heterocycles. The minimum absolute atomic E-state index is 0.197. The van der Waals surface area contributed by atoms with Gasteiger partial charge in [0.1, 0.15) is 0 Å². The van der Waals surface area contributed by atoms with Gasteiger partial charge in [0.05, 0.1) is 5.69 Å². The van der Waals surface area contributed by atoms with Gasteiger partial charge in [-0.25, -0.2) is 10.9 Å². The quantitative estimate of drug-likeness (QED) is 0.508. The fraction of sp³-hybridized carbons (Fsp3) is 0.188. The summed E-state index contributed by atoms with van der Waals surface area (Å²) in [5.74, 6) is 5.70. The summed E-state index contributed by atoms with van der Waals surface area (Å²) in [6.45, 7) is 6.06. The van der Waals surface area contributed by atoms with E-state index in [1.807, 2.05) is 56.3 Å². The highest BCUT2D eigenvalue weighted by molar-refractivity contribution is 6.05. The zero-order valence-electron chi connectivity index (χ0n) is 11.5. The normalized spacial score (nSPS) is 10.3. The summed E-state index contributed by atoms with van der Waals surface area (Å²) >= 11 is 0. The Kier molecular flexibility index (Phi) is 3.67. The second kappa shape index (κ2) is 5.24. The van der Waals surface area contributed by atoms with Gasteiger partial charge in [-0.2, -0.15) is 0 Å². The van der Waals surface area contributed by atoms with Crippen molar-refractivity contribution in [3.8, 4) is 0 Å². The molecule has 0 spiro atoms. The minimum atomic E-state index is -0.197. The SMILES string of the molecule is Cc1cc(C(=O)N(N)c2ccccc2)cc(C)c1C. The van der Waals surface area contributed by atoms with Gasteiger partial charge in [0.25, 0.3) is 5.91 Å². The predicted octanol–water partition coefficient (Wildman–Crippen LogP) is 3.13. The van der Waals surface area contributed by atoms with Crippen molar-refractivity contribution in [3.63, 3.8) is 0 Å². The van der Waals surface area contributed by atoms with E-state index in [0.717, 1.165) is 11.1 Å². The average molecular weight is 254 g/mol. The highest BCUT2D eigenvalue weighted by Crippen LogP contribution is 2.18. The van der Waals surface area contributed by atoms with Gasteiger partial charge in [-0.05, 0) is 61.7 Å². The fourth-order valence-electron chi connectivity index (χ4n) is 2.00. The van der Waals surface area contributed by atoms with Crippen LogP contribution in [0.3, 0.4) is 0 Å². The summed E-state index contributed by atoms with van der Waals surface area (Å²) in [4.78, 5) is 12.4. The number of nitrogens with zero attached hydrogens (tertiary/aromatic N) is 1. The van der Waals surface area contributed by atoms with Crippen LogP contribution in [0.1, 0.15) is 27.0 Å². The molecule has 19 heavy (non-hydrogen) atoms. The number of carbonyl (C=O) groups is 1. The molecule has 0 unspecified atom stereocenters. The summed E-state index contributed by atoms with van der Waals surface area (Å²) in [6.07, 6.45) is 0. The Labute approximate surface area is 113 Å². The number of benzene rings is 2. The van der Waals surface area contributed by atoms with Crippen LogP contribution in [0.5, 0.6) is 0 Å². The van der Waals surface area contributed by atoms with Crippen molar-refractivity contribution < 1.29 is 4.79 Å². The van der Waals surface area contributed by atoms with Crippen LogP contribution in [0.2, 0.25) is 0 Å². The molecule has 0 fully saturated rings. The van der Waals surface area contributed by atoms with Crippen molar-refractivity contribution in [1.82, 2.24) is 0 Å². The van der Waals surface area contributed by atoms with E-state index in [4.69, 9.17) is 5.84 Å². The molecule has 1 amide bonds. The lowest BCUT2D eigenvalue weighted by Gasteiger charge is -2.18. The number of nitrogens with two attached hydrogens (primary N) is 1. The Morgan fingerprint density at radius 1 is 1.00 bits per heavy atom. The molecule has 2 rings (SSSR count). The van der Waals surface area contributed by atoms with Crippen LogP contribution >= 0.6 is 0 Å². The highest BCUT2D eigenvalue weighted by atomic mass is 16.2. The maximum absolute atomic E-state index is 12.4. The van der Waals surface area contributed by atoms with E-state index in [1.54, 1.807) is 0 Å². The first-order valence-corrected chi connectivity index (χ1v) is 6.22. The standard InChI is InChI=1S/C16H18N2O/c1-11-9-14(10-12(2)13(11)3)16(19)18(17)15-7-5-4-6-8-15/h4-10H,17H2,1-3H3. The number of carbonyl (C=O) groups excluding carboxylic acids is 1. The van der Waals surface area contributed by atoms with Gasteiger partial charge in [-0.15, -0.1) is 0 Å². The molecule has 0 atom stereocenters. The van der Waals surface area contributed by atoms with E-state index in [1.165, 1.54) is 10.6 Å². The smallest absolute Gasteiger partial charge is 0.267 e. The van der Waals surface area contributed by atoms with Gasteiger partial charge in [0.2, 0.25) is 0 Å². The number of anilines is 1. The van der Waals surface area contributed by atoms with Gasteiger partial charge in [0, 0.05) is 5.56 Å². The summed E-state index contributed by atoms with van der Waals surface area (Å²) in [5.41, 5.74) is 4.71. The van der Waals surface area contributed by atoms with E-state index < -0.39 is 0 Å². The molecule has 0 aliphatic carbocycles. The molecule has 0 aromatic heterocycles. The van der Waals surface area contributed by atoms with Gasteiger partial charge in [0.15, 0.2) is 0 Å². The second-order valence-electron chi connectivity index (χ2n) is 4.75. The summed E-state index contributed by atoms with van der Waals surface area (Å²) in [7, 11) is 0. The minimum Gasteiger partial charge on any atom is -0.267 e. The van der Waals surface area contributed by atoms with E-state index in [9.17, 15) is 4.79 Å². The number of hydrogen-bond acceptors (Lipinski definition) is 2. The van der Waals surface area contributed by atoms with Crippen molar-refractivity contribution in [2.45, 2.75) is 20.8 Å². The lowest BCUT2D eigenvalue weighted by atomic mass is 10.00. The van der Waals surface area contributed by atoms with Crippen molar-refractivity contribution in [2.75, 3.05) is 5.01 Å². The number of para-hydroxylation sites is 1. The number of hydrogen-bond donors (Lipinski definition) is 1. The maximum Gasteiger partial charge on any atom is 0.272 e. The maximum atomic E-state index is 12.4. The number of aryl methyl sites for hydroxylation is 2. The molecule has 0 saturated carbocycles. The van der Waals surface area contributed by atoms with Crippen LogP contribution < -0.4 is 10.9 Å². The molecular formula is C16H18N2O. The van der Waals surface area contributed by atoms with Gasteiger partial charge >= 0.3 is 0 Å². The first kappa shape index (κ1) is 13.3. The molecule has 0 bridgehead atoms. The first-order valence-electron chi connectivity index (χ1n) is 6.22. The van der Waals surface area contributed by atoms with Crippen molar-refractivity contribution in [1.29, 1.82) is 0 Å². The van der Waals surface area contributed by atoms with Crippen LogP contribution in [-0.4, -0.2) is 5.91 Å². The van der Waals surface area contributed by atoms with Gasteiger partial charge in [-0.1, -0.05) is 18.2 Å². The Bertz CT molecular complexity index is 582. The van der Waals surface area contributed by atoms with Crippen LogP contribution in [0.15, 0.2) is 42.5 Å². The first-order chi connectivity index (χ1) is 9.00. The third kappa shape index (κ3) is 2.66. The topological polar surface area (TPSA) is 46.3 Å². The third-order valence-electron chi connectivity index (χ3n) is 3.43. The van der Waals surface area contributed by atoms with Crippen LogP contribution in [0, 0.1) is 20.8 Å². The zero-order chi connectivity index (χ0) is 14.0. The van der Waals surface area contributed by atoms with Crippen LogP contribution in [-0.2, 0) is 0 Å². The molecule has 0 heterocycles. The summed E-state index contributed by atoms with van der Waals surface area (Å²) in [6, 6.07) is 13.0. The monoisotopic (exact) mass is 254 g/mol.